The van der Waals surface area contributed by atoms with Crippen LogP contribution < -0.4 is 15.6 Å². The highest BCUT2D eigenvalue weighted by Gasteiger charge is 2.16. The first kappa shape index (κ1) is 16.7. The number of methoxy groups -OCH3 is 1. The van der Waals surface area contributed by atoms with Crippen molar-refractivity contribution in [2.24, 2.45) is 0 Å². The third-order valence-corrected chi connectivity index (χ3v) is 3.88. The Bertz CT molecular complexity index is 990. The Balaban J connectivity index is 1.75. The Morgan fingerprint density at radius 1 is 1.36 bits per heavy atom. The molecule has 0 atom stereocenters. The molecule has 0 radical (unpaired) electrons. The van der Waals surface area contributed by atoms with Crippen LogP contribution in [0.1, 0.15) is 17.1 Å². The van der Waals surface area contributed by atoms with Gasteiger partial charge in [0.15, 0.2) is 0 Å². The molecule has 0 spiro atoms. The third kappa shape index (κ3) is 3.37. The first-order valence-corrected chi connectivity index (χ1v) is 7.72. The van der Waals surface area contributed by atoms with Gasteiger partial charge in [-0.1, -0.05) is 17.3 Å². The number of benzene rings is 1. The molecule has 2 heterocycles. The first-order chi connectivity index (χ1) is 12.0. The molecule has 130 valence electrons. The highest BCUT2D eigenvalue weighted by atomic mass is 16.5. The number of nitrogens with one attached hydrogen (secondary N) is 1. The largest absolute Gasteiger partial charge is 0.497 e. The molecule has 0 aliphatic carbocycles. The van der Waals surface area contributed by atoms with Crippen LogP contribution in [0.2, 0.25) is 0 Å². The van der Waals surface area contributed by atoms with Gasteiger partial charge in [-0.2, -0.15) is 4.98 Å². The number of aromatic nitrogens is 3. The summed E-state index contributed by atoms with van der Waals surface area (Å²) in [6.45, 7) is 3.53. The summed E-state index contributed by atoms with van der Waals surface area (Å²) < 4.78 is 11.5. The average molecular weight is 342 g/mol. The van der Waals surface area contributed by atoms with Crippen molar-refractivity contribution in [1.29, 1.82) is 0 Å². The number of hydrogen-bond acceptors (Lipinski definition) is 6. The van der Waals surface area contributed by atoms with E-state index >= 15 is 0 Å². The Labute approximate surface area is 143 Å². The van der Waals surface area contributed by atoms with Gasteiger partial charge >= 0.3 is 0 Å². The molecule has 1 amide bonds. The van der Waals surface area contributed by atoms with Crippen molar-refractivity contribution in [2.75, 3.05) is 7.11 Å². The van der Waals surface area contributed by atoms with Gasteiger partial charge in [0.2, 0.25) is 5.91 Å². The third-order valence-electron chi connectivity index (χ3n) is 3.88. The quantitative estimate of drug-likeness (QED) is 0.751. The lowest BCUT2D eigenvalue weighted by atomic mass is 10.2. The van der Waals surface area contributed by atoms with Gasteiger partial charge in [0.25, 0.3) is 11.3 Å². The summed E-state index contributed by atoms with van der Waals surface area (Å²) in [7, 11) is 1.59. The van der Waals surface area contributed by atoms with Gasteiger partial charge in [-0.15, -0.1) is 0 Å². The molecule has 0 aliphatic rings. The predicted octanol–water partition coefficient (Wildman–Crippen LogP) is 1.33. The van der Waals surface area contributed by atoms with E-state index in [2.05, 4.69) is 15.5 Å². The second kappa shape index (κ2) is 6.76. The lowest BCUT2D eigenvalue weighted by Crippen LogP contribution is -2.33. The number of carbonyl (C=O) groups is 1. The van der Waals surface area contributed by atoms with E-state index < -0.39 is 0 Å². The number of hydrogen-bond donors (Lipinski definition) is 1. The van der Waals surface area contributed by atoms with E-state index in [0.717, 1.165) is 11.3 Å². The molecule has 8 nitrogen and oxygen atoms in total. The molecule has 0 saturated heterocycles. The van der Waals surface area contributed by atoms with Crippen LogP contribution in [0.3, 0.4) is 0 Å². The molecule has 0 saturated carbocycles. The molecule has 1 N–H and O–H groups in total. The monoisotopic (exact) mass is 342 g/mol. The zero-order valence-corrected chi connectivity index (χ0v) is 14.2. The van der Waals surface area contributed by atoms with Crippen molar-refractivity contribution < 1.29 is 14.1 Å². The van der Waals surface area contributed by atoms with Crippen LogP contribution in [0.25, 0.3) is 11.1 Å². The molecular weight excluding hydrogens is 324 g/mol. The molecular formula is C17H18N4O4. The van der Waals surface area contributed by atoms with Crippen molar-refractivity contribution in [3.63, 3.8) is 0 Å². The van der Waals surface area contributed by atoms with Gasteiger partial charge in [-0.3, -0.25) is 14.2 Å². The molecule has 8 heteroatoms. The van der Waals surface area contributed by atoms with Gasteiger partial charge in [0.1, 0.15) is 23.5 Å². The number of rotatable bonds is 5. The fraction of sp³-hybridized carbons (Fsp3) is 0.294. The second-order valence-corrected chi connectivity index (χ2v) is 5.63. The highest BCUT2D eigenvalue weighted by Crippen LogP contribution is 2.13. The van der Waals surface area contributed by atoms with Crippen LogP contribution in [0.4, 0.5) is 0 Å². The first-order valence-electron chi connectivity index (χ1n) is 7.72. The minimum Gasteiger partial charge on any atom is -0.497 e. The van der Waals surface area contributed by atoms with Crippen LogP contribution in [0.5, 0.6) is 5.75 Å². The lowest BCUT2D eigenvalue weighted by Gasteiger charge is -2.10. The molecule has 3 aromatic rings. The van der Waals surface area contributed by atoms with Gasteiger partial charge in [0.05, 0.1) is 12.8 Å². The summed E-state index contributed by atoms with van der Waals surface area (Å²) >= 11 is 0. The van der Waals surface area contributed by atoms with E-state index in [1.807, 2.05) is 24.3 Å². The molecule has 25 heavy (non-hydrogen) atoms. The minimum atomic E-state index is -0.335. The minimum absolute atomic E-state index is 0.123. The van der Waals surface area contributed by atoms with Crippen molar-refractivity contribution in [1.82, 2.24) is 20.0 Å². The lowest BCUT2D eigenvalue weighted by molar-refractivity contribution is -0.121. The Kier molecular flexibility index (Phi) is 4.51. The Hall–Kier alpha value is -3.16. The summed E-state index contributed by atoms with van der Waals surface area (Å²) in [5, 5.41) is 6.83. The van der Waals surface area contributed by atoms with E-state index in [9.17, 15) is 9.59 Å². The average Bonchev–Trinajstić information content (AvgIpc) is 2.97. The topological polar surface area (TPSA) is 99.2 Å². The van der Waals surface area contributed by atoms with Crippen molar-refractivity contribution in [3.05, 3.63) is 51.7 Å². The van der Waals surface area contributed by atoms with E-state index in [0.29, 0.717) is 23.4 Å². The Morgan fingerprint density at radius 2 is 2.16 bits per heavy atom. The fourth-order valence-corrected chi connectivity index (χ4v) is 2.54. The predicted molar refractivity (Wildman–Crippen MR) is 90.4 cm³/mol. The van der Waals surface area contributed by atoms with Crippen LogP contribution in [0.15, 0.2) is 33.6 Å². The number of carbonyl (C=O) groups excluding carboxylic acids is 1. The van der Waals surface area contributed by atoms with E-state index in [4.69, 9.17) is 9.26 Å². The summed E-state index contributed by atoms with van der Waals surface area (Å²) in [6.07, 6.45) is 0. The molecule has 1 aromatic carbocycles. The summed E-state index contributed by atoms with van der Waals surface area (Å²) in [5.74, 6) is 0.824. The standard InChI is InChI=1S/C17H18N4O4/c1-10-15-16(25-20-10)19-11(2)21(17(15)23)9-14(22)18-8-12-5-4-6-13(7-12)24-3/h4-7H,8-9H2,1-3H3,(H,18,22). The molecule has 0 bridgehead atoms. The zero-order chi connectivity index (χ0) is 18.0. The zero-order valence-electron chi connectivity index (χ0n) is 14.2. The Morgan fingerprint density at radius 3 is 2.92 bits per heavy atom. The number of fused-ring (bicyclic) bond motifs is 1. The van der Waals surface area contributed by atoms with E-state index in [-0.39, 0.29) is 23.7 Å². The maximum Gasteiger partial charge on any atom is 0.267 e. The number of ether oxygens (including phenoxy) is 1. The second-order valence-electron chi connectivity index (χ2n) is 5.63. The maximum absolute atomic E-state index is 12.6. The van der Waals surface area contributed by atoms with Gasteiger partial charge in [0, 0.05) is 6.54 Å². The normalized spacial score (nSPS) is 10.8. The van der Waals surface area contributed by atoms with Gasteiger partial charge in [-0.05, 0) is 31.5 Å². The summed E-state index contributed by atoms with van der Waals surface area (Å²) in [5.41, 5.74) is 1.21. The molecule has 3 rings (SSSR count). The SMILES string of the molecule is COc1cccc(CNC(=O)Cn2c(C)nc3onc(C)c3c2=O)c1. The fourth-order valence-electron chi connectivity index (χ4n) is 2.54. The number of aryl methyl sites for hydroxylation is 2. The number of amides is 1. The van der Waals surface area contributed by atoms with Gasteiger partial charge in [-0.25, -0.2) is 0 Å². The summed E-state index contributed by atoms with van der Waals surface area (Å²) in [6, 6.07) is 7.40. The van der Waals surface area contributed by atoms with Crippen molar-refractivity contribution in [3.8, 4) is 5.75 Å². The van der Waals surface area contributed by atoms with Crippen molar-refractivity contribution >= 4 is 17.0 Å². The molecule has 0 fully saturated rings. The van der Waals surface area contributed by atoms with Crippen molar-refractivity contribution in [2.45, 2.75) is 26.9 Å². The number of nitrogens with zero attached hydrogens (tertiary/aromatic N) is 3. The highest BCUT2D eigenvalue weighted by molar-refractivity contribution is 5.77. The smallest absolute Gasteiger partial charge is 0.267 e. The van der Waals surface area contributed by atoms with Crippen LogP contribution in [0, 0.1) is 13.8 Å². The van der Waals surface area contributed by atoms with Crippen LogP contribution in [-0.2, 0) is 17.9 Å². The summed E-state index contributed by atoms with van der Waals surface area (Å²) in [4.78, 5) is 29.0. The van der Waals surface area contributed by atoms with E-state index in [1.54, 1.807) is 21.0 Å². The van der Waals surface area contributed by atoms with E-state index in [1.165, 1.54) is 4.57 Å². The molecule has 0 unspecified atom stereocenters. The van der Waals surface area contributed by atoms with Crippen LogP contribution in [-0.4, -0.2) is 27.7 Å². The molecule has 2 aromatic heterocycles. The van der Waals surface area contributed by atoms with Gasteiger partial charge < -0.3 is 14.6 Å². The van der Waals surface area contributed by atoms with Crippen LogP contribution >= 0.6 is 0 Å². The maximum atomic E-state index is 12.6. The molecule has 0 aliphatic heterocycles.